The zero-order chi connectivity index (χ0) is 13.0. The van der Waals surface area contributed by atoms with Gasteiger partial charge in [0, 0.05) is 24.4 Å². The standard InChI is InChI=1S/C13H24N2O2S/c1-14(11-4-3-5-12(11)18-2)10-13(16)15-6-8-17-9-7-15/h11-12H,3-10H2,1-2H3/t11-,12-/m1/s1. The van der Waals surface area contributed by atoms with E-state index in [1.54, 1.807) is 0 Å². The fourth-order valence-corrected chi connectivity index (χ4v) is 3.99. The lowest BCUT2D eigenvalue weighted by molar-refractivity contribution is -0.136. The first-order valence-corrected chi connectivity index (χ1v) is 8.09. The molecule has 0 bridgehead atoms. The maximum absolute atomic E-state index is 12.2. The second-order valence-corrected chi connectivity index (χ2v) is 6.26. The predicted molar refractivity (Wildman–Crippen MR) is 75.0 cm³/mol. The van der Waals surface area contributed by atoms with Crippen LogP contribution in [0.4, 0.5) is 0 Å². The number of amides is 1. The van der Waals surface area contributed by atoms with Gasteiger partial charge in [-0.05, 0) is 26.1 Å². The van der Waals surface area contributed by atoms with Crippen molar-refractivity contribution in [2.24, 2.45) is 0 Å². The number of hydrogen-bond acceptors (Lipinski definition) is 4. The van der Waals surface area contributed by atoms with Crippen LogP contribution in [-0.4, -0.2) is 73.2 Å². The Bertz CT molecular complexity index is 282. The molecule has 5 heteroatoms. The van der Waals surface area contributed by atoms with Gasteiger partial charge in [-0.25, -0.2) is 0 Å². The number of morpholine rings is 1. The van der Waals surface area contributed by atoms with Crippen molar-refractivity contribution >= 4 is 17.7 Å². The van der Waals surface area contributed by atoms with Gasteiger partial charge in [0.2, 0.25) is 5.91 Å². The minimum Gasteiger partial charge on any atom is -0.378 e. The molecule has 0 spiro atoms. The highest BCUT2D eigenvalue weighted by Gasteiger charge is 2.31. The fourth-order valence-electron chi connectivity index (χ4n) is 2.93. The highest BCUT2D eigenvalue weighted by Crippen LogP contribution is 2.31. The minimum absolute atomic E-state index is 0.257. The van der Waals surface area contributed by atoms with E-state index >= 15 is 0 Å². The van der Waals surface area contributed by atoms with Crippen LogP contribution >= 0.6 is 11.8 Å². The Morgan fingerprint density at radius 1 is 1.39 bits per heavy atom. The summed E-state index contributed by atoms with van der Waals surface area (Å²) >= 11 is 1.94. The van der Waals surface area contributed by atoms with Crippen molar-refractivity contribution in [3.05, 3.63) is 0 Å². The summed E-state index contributed by atoms with van der Waals surface area (Å²) in [5.41, 5.74) is 0. The van der Waals surface area contributed by atoms with Crippen molar-refractivity contribution in [1.82, 2.24) is 9.80 Å². The SMILES string of the molecule is CS[C@@H]1CCC[C@H]1N(C)CC(=O)N1CCOCC1. The van der Waals surface area contributed by atoms with Crippen LogP contribution in [0, 0.1) is 0 Å². The average Bonchev–Trinajstić information content (AvgIpc) is 2.88. The van der Waals surface area contributed by atoms with Crippen LogP contribution in [0.2, 0.25) is 0 Å². The molecule has 0 aromatic rings. The highest BCUT2D eigenvalue weighted by atomic mass is 32.2. The van der Waals surface area contributed by atoms with Gasteiger partial charge in [-0.1, -0.05) is 6.42 Å². The summed E-state index contributed by atoms with van der Waals surface area (Å²) in [7, 11) is 2.09. The van der Waals surface area contributed by atoms with Gasteiger partial charge in [0.25, 0.3) is 0 Å². The van der Waals surface area contributed by atoms with Gasteiger partial charge in [0.15, 0.2) is 0 Å². The van der Waals surface area contributed by atoms with E-state index in [9.17, 15) is 4.79 Å². The summed E-state index contributed by atoms with van der Waals surface area (Å²) in [4.78, 5) is 16.4. The smallest absolute Gasteiger partial charge is 0.236 e. The van der Waals surface area contributed by atoms with Gasteiger partial charge in [0.1, 0.15) is 0 Å². The number of hydrogen-bond donors (Lipinski definition) is 0. The number of carbonyl (C=O) groups excluding carboxylic acids is 1. The molecule has 2 fully saturated rings. The molecular weight excluding hydrogens is 248 g/mol. The second kappa shape index (κ2) is 6.78. The van der Waals surface area contributed by atoms with Gasteiger partial charge in [-0.15, -0.1) is 0 Å². The van der Waals surface area contributed by atoms with E-state index in [-0.39, 0.29) is 5.91 Å². The molecule has 1 aliphatic heterocycles. The van der Waals surface area contributed by atoms with Crippen LogP contribution in [-0.2, 0) is 9.53 Å². The second-order valence-electron chi connectivity index (χ2n) is 5.18. The van der Waals surface area contributed by atoms with Crippen molar-refractivity contribution in [1.29, 1.82) is 0 Å². The lowest BCUT2D eigenvalue weighted by atomic mass is 10.2. The van der Waals surface area contributed by atoms with Crippen molar-refractivity contribution in [2.45, 2.75) is 30.6 Å². The fraction of sp³-hybridized carbons (Fsp3) is 0.923. The molecule has 1 saturated heterocycles. The molecule has 1 saturated carbocycles. The Balaban J connectivity index is 1.82. The van der Waals surface area contributed by atoms with Gasteiger partial charge in [-0.3, -0.25) is 9.69 Å². The number of likely N-dealkylation sites (N-methyl/N-ethyl adjacent to an activating group) is 1. The molecule has 2 aliphatic rings. The molecule has 18 heavy (non-hydrogen) atoms. The van der Waals surface area contributed by atoms with E-state index in [1.807, 2.05) is 16.7 Å². The molecule has 0 aromatic carbocycles. The van der Waals surface area contributed by atoms with Crippen LogP contribution in [0.15, 0.2) is 0 Å². The molecule has 0 aromatic heterocycles. The summed E-state index contributed by atoms with van der Waals surface area (Å²) < 4.78 is 5.28. The van der Waals surface area contributed by atoms with E-state index in [0.717, 1.165) is 13.1 Å². The maximum Gasteiger partial charge on any atom is 0.236 e. The molecule has 0 N–H and O–H groups in total. The van der Waals surface area contributed by atoms with Crippen LogP contribution < -0.4 is 0 Å². The Morgan fingerprint density at radius 3 is 2.78 bits per heavy atom. The van der Waals surface area contributed by atoms with Gasteiger partial charge < -0.3 is 9.64 Å². The van der Waals surface area contributed by atoms with Crippen LogP contribution in [0.5, 0.6) is 0 Å². The van der Waals surface area contributed by atoms with E-state index in [4.69, 9.17) is 4.74 Å². The quantitative estimate of drug-likeness (QED) is 0.766. The minimum atomic E-state index is 0.257. The molecule has 1 aliphatic carbocycles. The third kappa shape index (κ3) is 3.39. The molecule has 104 valence electrons. The number of thioether (sulfide) groups is 1. The molecule has 1 heterocycles. The van der Waals surface area contributed by atoms with Crippen molar-refractivity contribution in [3.63, 3.8) is 0 Å². The Morgan fingerprint density at radius 2 is 2.11 bits per heavy atom. The molecule has 2 atom stereocenters. The lowest BCUT2D eigenvalue weighted by Crippen LogP contribution is -2.48. The number of rotatable bonds is 4. The number of carbonyl (C=O) groups is 1. The molecule has 0 unspecified atom stereocenters. The Hall–Kier alpha value is -0.260. The predicted octanol–water partition coefficient (Wildman–Crippen LogP) is 1.06. The van der Waals surface area contributed by atoms with Crippen molar-refractivity contribution in [3.8, 4) is 0 Å². The van der Waals surface area contributed by atoms with Gasteiger partial charge in [0.05, 0.1) is 19.8 Å². The topological polar surface area (TPSA) is 32.8 Å². The summed E-state index contributed by atoms with van der Waals surface area (Å²) in [5.74, 6) is 0.257. The van der Waals surface area contributed by atoms with E-state index < -0.39 is 0 Å². The van der Waals surface area contributed by atoms with Crippen LogP contribution in [0.1, 0.15) is 19.3 Å². The first-order chi connectivity index (χ1) is 8.72. The monoisotopic (exact) mass is 272 g/mol. The third-order valence-corrected chi connectivity index (χ3v) is 5.19. The van der Waals surface area contributed by atoms with E-state index in [2.05, 4.69) is 18.2 Å². The Labute approximate surface area is 114 Å². The van der Waals surface area contributed by atoms with Gasteiger partial charge >= 0.3 is 0 Å². The molecule has 1 amide bonds. The largest absolute Gasteiger partial charge is 0.378 e. The number of nitrogens with zero attached hydrogens (tertiary/aromatic N) is 2. The first kappa shape index (κ1) is 14.2. The molecule has 4 nitrogen and oxygen atoms in total. The average molecular weight is 272 g/mol. The zero-order valence-corrected chi connectivity index (χ0v) is 12.2. The summed E-state index contributed by atoms with van der Waals surface area (Å²) in [5, 5.41) is 0.701. The lowest BCUT2D eigenvalue weighted by Gasteiger charge is -2.32. The Kier molecular flexibility index (Phi) is 5.33. The first-order valence-electron chi connectivity index (χ1n) is 6.81. The molecule has 0 radical (unpaired) electrons. The maximum atomic E-state index is 12.2. The number of ether oxygens (including phenoxy) is 1. The highest BCUT2D eigenvalue weighted by molar-refractivity contribution is 7.99. The van der Waals surface area contributed by atoms with Crippen molar-refractivity contribution in [2.75, 3.05) is 46.2 Å². The van der Waals surface area contributed by atoms with E-state index in [1.165, 1.54) is 19.3 Å². The molecule has 2 rings (SSSR count). The summed E-state index contributed by atoms with van der Waals surface area (Å²) in [6.07, 6.45) is 6.01. The zero-order valence-electron chi connectivity index (χ0n) is 11.4. The summed E-state index contributed by atoms with van der Waals surface area (Å²) in [6.45, 7) is 3.44. The third-order valence-electron chi connectivity index (χ3n) is 4.04. The van der Waals surface area contributed by atoms with E-state index in [0.29, 0.717) is 31.1 Å². The van der Waals surface area contributed by atoms with Crippen molar-refractivity contribution < 1.29 is 9.53 Å². The normalized spacial score (nSPS) is 28.9. The van der Waals surface area contributed by atoms with Crippen LogP contribution in [0.3, 0.4) is 0 Å². The molecular formula is C13H24N2O2S. The van der Waals surface area contributed by atoms with Gasteiger partial charge in [-0.2, -0.15) is 11.8 Å². The summed E-state index contributed by atoms with van der Waals surface area (Å²) in [6, 6.07) is 0.574. The van der Waals surface area contributed by atoms with Crippen LogP contribution in [0.25, 0.3) is 0 Å².